The fourth-order valence-electron chi connectivity index (χ4n) is 1.58. The molecule has 16 heavy (non-hydrogen) atoms. The second-order valence-electron chi connectivity index (χ2n) is 3.53. The number of hydrogen-bond donors (Lipinski definition) is 0. The largest absolute Gasteiger partial charge is 0.494 e. The SMILES string of the molecule is COc1cc(F)c(F)c2c1N=CC(C)C2=O. The van der Waals surface area contributed by atoms with Crippen LogP contribution in [0.3, 0.4) is 0 Å². The van der Waals surface area contributed by atoms with E-state index in [-0.39, 0.29) is 17.0 Å². The van der Waals surface area contributed by atoms with Crippen molar-refractivity contribution in [1.82, 2.24) is 0 Å². The minimum absolute atomic E-state index is 0.0597. The number of carbonyl (C=O) groups is 1. The fourth-order valence-corrected chi connectivity index (χ4v) is 1.58. The number of carbonyl (C=O) groups excluding carboxylic acids is 1. The average molecular weight is 225 g/mol. The van der Waals surface area contributed by atoms with E-state index in [0.717, 1.165) is 6.07 Å². The van der Waals surface area contributed by atoms with Crippen LogP contribution in [0.4, 0.5) is 14.5 Å². The maximum absolute atomic E-state index is 13.5. The molecule has 1 heterocycles. The monoisotopic (exact) mass is 225 g/mol. The third-order valence-electron chi connectivity index (χ3n) is 2.46. The Hall–Kier alpha value is -1.78. The lowest BCUT2D eigenvalue weighted by molar-refractivity contribution is 0.0957. The highest BCUT2D eigenvalue weighted by molar-refractivity contribution is 6.13. The summed E-state index contributed by atoms with van der Waals surface area (Å²) in [7, 11) is 1.31. The van der Waals surface area contributed by atoms with E-state index in [1.807, 2.05) is 0 Å². The van der Waals surface area contributed by atoms with E-state index in [1.165, 1.54) is 13.3 Å². The third kappa shape index (κ3) is 1.39. The zero-order valence-electron chi connectivity index (χ0n) is 8.75. The molecule has 5 heteroatoms. The molecule has 1 atom stereocenters. The van der Waals surface area contributed by atoms with Crippen molar-refractivity contribution in [2.75, 3.05) is 7.11 Å². The van der Waals surface area contributed by atoms with Crippen LogP contribution in [0.15, 0.2) is 11.1 Å². The number of ether oxygens (including phenoxy) is 1. The zero-order valence-corrected chi connectivity index (χ0v) is 8.75. The third-order valence-corrected chi connectivity index (χ3v) is 2.46. The minimum Gasteiger partial charge on any atom is -0.494 e. The molecule has 0 bridgehead atoms. The first-order valence-corrected chi connectivity index (χ1v) is 4.70. The Morgan fingerprint density at radius 1 is 1.44 bits per heavy atom. The Labute approximate surface area is 90.8 Å². The van der Waals surface area contributed by atoms with Crippen LogP contribution < -0.4 is 4.74 Å². The summed E-state index contributed by atoms with van der Waals surface area (Å²) in [5, 5.41) is 0. The lowest BCUT2D eigenvalue weighted by atomic mass is 9.95. The van der Waals surface area contributed by atoms with Gasteiger partial charge in [-0.2, -0.15) is 0 Å². The lowest BCUT2D eigenvalue weighted by Gasteiger charge is -2.17. The van der Waals surface area contributed by atoms with Crippen LogP contribution in [0, 0.1) is 17.6 Å². The Morgan fingerprint density at radius 2 is 2.12 bits per heavy atom. The summed E-state index contributed by atoms with van der Waals surface area (Å²) in [6.45, 7) is 1.57. The molecule has 0 N–H and O–H groups in total. The maximum Gasteiger partial charge on any atom is 0.176 e. The number of fused-ring (bicyclic) bond motifs is 1. The molecular formula is C11H9F2NO2. The standard InChI is InChI=1S/C11H9F2NO2/c1-5-4-14-10-7(16-2)3-6(12)9(13)8(10)11(5)15/h3-5H,1-2H3. The van der Waals surface area contributed by atoms with Gasteiger partial charge in [-0.05, 0) is 0 Å². The summed E-state index contributed by atoms with van der Waals surface area (Å²) >= 11 is 0. The maximum atomic E-state index is 13.5. The predicted octanol–water partition coefficient (Wildman–Crippen LogP) is 2.51. The van der Waals surface area contributed by atoms with Gasteiger partial charge in [0.15, 0.2) is 17.4 Å². The molecule has 0 spiro atoms. The van der Waals surface area contributed by atoms with Gasteiger partial charge < -0.3 is 4.74 Å². The molecule has 1 aromatic carbocycles. The van der Waals surface area contributed by atoms with Crippen molar-refractivity contribution in [2.45, 2.75) is 6.92 Å². The summed E-state index contributed by atoms with van der Waals surface area (Å²) in [6, 6.07) is 0.884. The van der Waals surface area contributed by atoms with E-state index < -0.39 is 23.3 Å². The number of methoxy groups -OCH3 is 1. The van der Waals surface area contributed by atoms with Crippen molar-refractivity contribution in [3.8, 4) is 5.75 Å². The van der Waals surface area contributed by atoms with E-state index in [1.54, 1.807) is 6.92 Å². The van der Waals surface area contributed by atoms with E-state index in [4.69, 9.17) is 4.74 Å². The fraction of sp³-hybridized carbons (Fsp3) is 0.273. The highest BCUT2D eigenvalue weighted by Crippen LogP contribution is 2.38. The van der Waals surface area contributed by atoms with E-state index in [2.05, 4.69) is 4.99 Å². The van der Waals surface area contributed by atoms with Gasteiger partial charge in [0.2, 0.25) is 0 Å². The van der Waals surface area contributed by atoms with Crippen molar-refractivity contribution in [3.05, 3.63) is 23.3 Å². The highest BCUT2D eigenvalue weighted by atomic mass is 19.2. The molecule has 1 aromatic rings. The van der Waals surface area contributed by atoms with Crippen molar-refractivity contribution in [2.24, 2.45) is 10.9 Å². The molecule has 0 radical (unpaired) electrons. The molecule has 0 saturated carbocycles. The molecule has 3 nitrogen and oxygen atoms in total. The van der Waals surface area contributed by atoms with Crippen LogP contribution in [0.1, 0.15) is 17.3 Å². The van der Waals surface area contributed by atoms with Gasteiger partial charge in [0, 0.05) is 12.3 Å². The van der Waals surface area contributed by atoms with Crippen LogP contribution in [0.5, 0.6) is 5.75 Å². The molecule has 1 aliphatic rings. The molecule has 0 aliphatic carbocycles. The summed E-state index contributed by atoms with van der Waals surface area (Å²) < 4.78 is 31.6. The van der Waals surface area contributed by atoms with Crippen molar-refractivity contribution in [3.63, 3.8) is 0 Å². The molecule has 1 aliphatic heterocycles. The molecular weight excluding hydrogens is 216 g/mol. The average Bonchev–Trinajstić information content (AvgIpc) is 2.27. The van der Waals surface area contributed by atoms with E-state index in [0.29, 0.717) is 0 Å². The number of ketones is 1. The topological polar surface area (TPSA) is 38.7 Å². The molecule has 0 fully saturated rings. The smallest absolute Gasteiger partial charge is 0.176 e. The Morgan fingerprint density at radius 3 is 2.75 bits per heavy atom. The van der Waals surface area contributed by atoms with Gasteiger partial charge in [0.05, 0.1) is 18.6 Å². The second-order valence-corrected chi connectivity index (χ2v) is 3.53. The number of halogens is 2. The van der Waals surface area contributed by atoms with Crippen molar-refractivity contribution in [1.29, 1.82) is 0 Å². The summed E-state index contributed by atoms with van der Waals surface area (Å²) in [5.74, 6) is -3.24. The Bertz CT molecular complexity index is 497. The molecule has 0 saturated heterocycles. The van der Waals surface area contributed by atoms with Crippen LogP contribution in [0.25, 0.3) is 0 Å². The van der Waals surface area contributed by atoms with Gasteiger partial charge >= 0.3 is 0 Å². The molecule has 84 valence electrons. The van der Waals surface area contributed by atoms with E-state index >= 15 is 0 Å². The van der Waals surface area contributed by atoms with Gasteiger partial charge in [0.25, 0.3) is 0 Å². The van der Waals surface area contributed by atoms with Crippen LogP contribution in [0.2, 0.25) is 0 Å². The first kappa shape index (κ1) is 10.7. The first-order chi connectivity index (χ1) is 7.56. The number of benzene rings is 1. The second kappa shape index (κ2) is 3.66. The Kier molecular flexibility index (Phi) is 2.46. The van der Waals surface area contributed by atoms with Crippen molar-refractivity contribution < 1.29 is 18.3 Å². The summed E-state index contributed by atoms with van der Waals surface area (Å²) in [5.41, 5.74) is -0.267. The molecule has 1 unspecified atom stereocenters. The predicted molar refractivity (Wildman–Crippen MR) is 54.6 cm³/mol. The highest BCUT2D eigenvalue weighted by Gasteiger charge is 2.29. The zero-order chi connectivity index (χ0) is 11.9. The van der Waals surface area contributed by atoms with Crippen LogP contribution in [-0.4, -0.2) is 19.1 Å². The van der Waals surface area contributed by atoms with Crippen LogP contribution >= 0.6 is 0 Å². The van der Waals surface area contributed by atoms with Gasteiger partial charge in [-0.15, -0.1) is 0 Å². The summed E-state index contributed by atoms with van der Waals surface area (Å²) in [4.78, 5) is 15.6. The normalized spacial score (nSPS) is 18.5. The van der Waals surface area contributed by atoms with Crippen LogP contribution in [-0.2, 0) is 0 Å². The van der Waals surface area contributed by atoms with Gasteiger partial charge in [-0.3, -0.25) is 9.79 Å². The van der Waals surface area contributed by atoms with Crippen molar-refractivity contribution >= 4 is 17.7 Å². The number of Topliss-reactive ketones (excluding diaryl/α,β-unsaturated/α-hetero) is 1. The number of nitrogens with zero attached hydrogens (tertiary/aromatic N) is 1. The molecule has 0 amide bonds. The number of aliphatic imine (C=N–C) groups is 1. The van der Waals surface area contributed by atoms with Gasteiger partial charge in [-0.1, -0.05) is 6.92 Å². The quantitative estimate of drug-likeness (QED) is 0.736. The number of hydrogen-bond acceptors (Lipinski definition) is 3. The summed E-state index contributed by atoms with van der Waals surface area (Å²) in [6.07, 6.45) is 1.39. The molecule has 0 aromatic heterocycles. The molecule has 2 rings (SSSR count). The first-order valence-electron chi connectivity index (χ1n) is 4.70. The lowest BCUT2D eigenvalue weighted by Crippen LogP contribution is -2.19. The number of rotatable bonds is 1. The Balaban J connectivity index is 2.76. The van der Waals surface area contributed by atoms with E-state index in [9.17, 15) is 13.6 Å². The van der Waals surface area contributed by atoms with Gasteiger partial charge in [-0.25, -0.2) is 8.78 Å². The minimum atomic E-state index is -1.16. The van der Waals surface area contributed by atoms with Gasteiger partial charge in [0.1, 0.15) is 11.4 Å².